The zero-order valence-corrected chi connectivity index (χ0v) is 21.8. The van der Waals surface area contributed by atoms with Crippen LogP contribution in [0.25, 0.3) is 5.76 Å². The third-order valence-corrected chi connectivity index (χ3v) is 7.02. The number of nitrogens with zero attached hydrogens (tertiary/aromatic N) is 3. The number of carbonyl (C=O) groups is 2. The molecule has 8 heteroatoms. The molecule has 0 aliphatic carbocycles. The van der Waals surface area contributed by atoms with Gasteiger partial charge in [-0.3, -0.25) is 9.59 Å². The Hall–Kier alpha value is -4.07. The Labute approximate surface area is 222 Å². The lowest BCUT2D eigenvalue weighted by molar-refractivity contribution is -0.139. The predicted octanol–water partition coefficient (Wildman–Crippen LogP) is 4.90. The number of imidazole rings is 1. The first-order valence-electron chi connectivity index (χ1n) is 13.2. The number of aromatic nitrogens is 2. The third-order valence-electron chi connectivity index (χ3n) is 7.02. The van der Waals surface area contributed by atoms with Crippen LogP contribution < -0.4 is 9.47 Å². The number of aryl methyl sites for hydroxylation is 1. The number of hydrogen-bond donors (Lipinski definition) is 1. The summed E-state index contributed by atoms with van der Waals surface area (Å²) in [6.07, 6.45) is 8.64. The molecule has 1 amide bonds. The van der Waals surface area contributed by atoms with Crippen molar-refractivity contribution in [3.8, 4) is 11.5 Å². The van der Waals surface area contributed by atoms with E-state index in [4.69, 9.17) is 9.47 Å². The van der Waals surface area contributed by atoms with E-state index in [-0.39, 0.29) is 17.4 Å². The van der Waals surface area contributed by atoms with Gasteiger partial charge in [0, 0.05) is 37.5 Å². The van der Waals surface area contributed by atoms with E-state index in [0.29, 0.717) is 37.4 Å². The first-order valence-corrected chi connectivity index (χ1v) is 13.2. The van der Waals surface area contributed by atoms with Gasteiger partial charge >= 0.3 is 0 Å². The second-order valence-corrected chi connectivity index (χ2v) is 9.88. The van der Waals surface area contributed by atoms with Gasteiger partial charge in [0.05, 0.1) is 24.5 Å². The number of likely N-dealkylation sites (tertiary alicyclic amines) is 1. The molecule has 1 fully saturated rings. The van der Waals surface area contributed by atoms with Crippen molar-refractivity contribution in [3.63, 3.8) is 0 Å². The Balaban J connectivity index is 1.51. The summed E-state index contributed by atoms with van der Waals surface area (Å²) in [6.45, 7) is 5.67. The fourth-order valence-corrected chi connectivity index (χ4v) is 5.13. The molecule has 3 heterocycles. The molecule has 0 spiro atoms. The molecule has 38 heavy (non-hydrogen) atoms. The molecule has 2 aliphatic heterocycles. The number of ketones is 1. The van der Waals surface area contributed by atoms with Gasteiger partial charge in [-0.1, -0.05) is 25.5 Å². The number of aliphatic hydroxyl groups is 1. The van der Waals surface area contributed by atoms with E-state index in [1.807, 2.05) is 54.1 Å². The summed E-state index contributed by atoms with van der Waals surface area (Å²) in [7, 11) is 0. The Kier molecular flexibility index (Phi) is 7.49. The van der Waals surface area contributed by atoms with Crippen molar-refractivity contribution in [2.45, 2.75) is 58.2 Å². The van der Waals surface area contributed by atoms with Crippen LogP contribution in [0.1, 0.15) is 55.8 Å². The molecule has 3 aromatic rings. The van der Waals surface area contributed by atoms with Crippen molar-refractivity contribution in [1.82, 2.24) is 14.5 Å². The van der Waals surface area contributed by atoms with Gasteiger partial charge in [-0.25, -0.2) is 4.98 Å². The van der Waals surface area contributed by atoms with Gasteiger partial charge in [-0.05, 0) is 61.2 Å². The fraction of sp³-hybridized carbons (Fsp3) is 0.367. The summed E-state index contributed by atoms with van der Waals surface area (Å²) in [6, 6.07) is 12.1. The van der Waals surface area contributed by atoms with Crippen LogP contribution in [0.5, 0.6) is 11.5 Å². The first-order chi connectivity index (χ1) is 18.5. The van der Waals surface area contributed by atoms with Gasteiger partial charge in [0.25, 0.3) is 11.7 Å². The standard InChI is InChI=1S/C30H33N3O5/c1-3-4-15-37-24-8-5-7-21(18-24)27-26(28(34)22-9-10-25-23(17-22)16-20(2)38-25)29(35)30(36)33(27)13-6-12-32-14-11-31-19-32/h5,7-11,14,17-20,27,34H,3-4,6,12-13,15-16H2,1-2H3/b28-26+/t20-,27-/m1/s1. The Morgan fingerprint density at radius 3 is 2.82 bits per heavy atom. The maximum absolute atomic E-state index is 13.4. The van der Waals surface area contributed by atoms with Gasteiger partial charge in [0.15, 0.2) is 0 Å². The number of carbonyl (C=O) groups excluding carboxylic acids is 2. The highest BCUT2D eigenvalue weighted by molar-refractivity contribution is 6.46. The molecule has 1 saturated heterocycles. The minimum Gasteiger partial charge on any atom is -0.507 e. The number of unbranched alkanes of at least 4 members (excludes halogenated alkanes) is 1. The lowest BCUT2D eigenvalue weighted by Crippen LogP contribution is -2.31. The van der Waals surface area contributed by atoms with Crippen molar-refractivity contribution < 1.29 is 24.2 Å². The number of rotatable bonds is 10. The number of aliphatic hydroxyl groups excluding tert-OH is 1. The molecular weight excluding hydrogens is 482 g/mol. The van der Waals surface area contributed by atoms with Crippen molar-refractivity contribution in [3.05, 3.63) is 83.4 Å². The second-order valence-electron chi connectivity index (χ2n) is 9.88. The smallest absolute Gasteiger partial charge is 0.295 e. The molecule has 0 saturated carbocycles. The summed E-state index contributed by atoms with van der Waals surface area (Å²) >= 11 is 0. The summed E-state index contributed by atoms with van der Waals surface area (Å²) in [4.78, 5) is 32.4. The van der Waals surface area contributed by atoms with Gasteiger partial charge in [0.2, 0.25) is 0 Å². The predicted molar refractivity (Wildman–Crippen MR) is 143 cm³/mol. The number of ether oxygens (including phenoxy) is 2. The lowest BCUT2D eigenvalue weighted by atomic mass is 9.94. The summed E-state index contributed by atoms with van der Waals surface area (Å²) < 4.78 is 13.6. The molecule has 0 unspecified atom stereocenters. The zero-order chi connectivity index (χ0) is 26.6. The molecule has 8 nitrogen and oxygen atoms in total. The molecule has 198 valence electrons. The van der Waals surface area contributed by atoms with E-state index in [2.05, 4.69) is 11.9 Å². The van der Waals surface area contributed by atoms with Gasteiger partial charge < -0.3 is 24.0 Å². The molecule has 1 aromatic heterocycles. The van der Waals surface area contributed by atoms with Crippen molar-refractivity contribution in [2.24, 2.45) is 0 Å². The first kappa shape index (κ1) is 25.6. The van der Waals surface area contributed by atoms with E-state index in [9.17, 15) is 14.7 Å². The van der Waals surface area contributed by atoms with Crippen molar-refractivity contribution >= 4 is 17.4 Å². The normalized spacial score (nSPS) is 20.0. The van der Waals surface area contributed by atoms with Crippen LogP contribution >= 0.6 is 0 Å². The number of hydrogen-bond acceptors (Lipinski definition) is 6. The van der Waals surface area contributed by atoms with Crippen molar-refractivity contribution in [1.29, 1.82) is 0 Å². The van der Waals surface area contributed by atoms with Gasteiger partial charge in [-0.2, -0.15) is 0 Å². The number of amides is 1. The fourth-order valence-electron chi connectivity index (χ4n) is 5.13. The monoisotopic (exact) mass is 515 g/mol. The van der Waals surface area contributed by atoms with E-state index in [1.54, 1.807) is 23.5 Å². The highest BCUT2D eigenvalue weighted by Crippen LogP contribution is 2.41. The molecular formula is C30H33N3O5. The van der Waals surface area contributed by atoms with Crippen LogP contribution in [0, 0.1) is 0 Å². The topological polar surface area (TPSA) is 93.9 Å². The molecule has 2 atom stereocenters. The lowest BCUT2D eigenvalue weighted by Gasteiger charge is -2.26. The Bertz CT molecular complexity index is 1350. The number of Topliss-reactive ketones (excluding diaryl/α,β-unsaturated/α-hetero) is 1. The molecule has 0 radical (unpaired) electrons. The van der Waals surface area contributed by atoms with Crippen LogP contribution in [0.4, 0.5) is 0 Å². The molecule has 2 aromatic carbocycles. The number of benzene rings is 2. The van der Waals surface area contributed by atoms with Gasteiger partial charge in [-0.15, -0.1) is 0 Å². The third kappa shape index (κ3) is 5.16. The average Bonchev–Trinajstić information content (AvgIpc) is 3.62. The van der Waals surface area contributed by atoms with Crippen LogP contribution in [-0.4, -0.2) is 50.5 Å². The van der Waals surface area contributed by atoms with E-state index in [1.165, 1.54) is 0 Å². The SMILES string of the molecule is CCCCOc1cccc([C@@H]2/C(=C(\O)c3ccc4c(c3)C[C@@H](C)O4)C(=O)C(=O)N2CCCn2ccnc2)c1. The van der Waals surface area contributed by atoms with E-state index in [0.717, 1.165) is 36.1 Å². The van der Waals surface area contributed by atoms with Crippen LogP contribution in [0.3, 0.4) is 0 Å². The van der Waals surface area contributed by atoms with Crippen LogP contribution in [0.15, 0.2) is 66.8 Å². The van der Waals surface area contributed by atoms with Crippen LogP contribution in [-0.2, 0) is 22.6 Å². The van der Waals surface area contributed by atoms with E-state index < -0.39 is 17.7 Å². The van der Waals surface area contributed by atoms with Gasteiger partial charge in [0.1, 0.15) is 23.4 Å². The molecule has 0 bridgehead atoms. The maximum Gasteiger partial charge on any atom is 0.295 e. The van der Waals surface area contributed by atoms with E-state index >= 15 is 0 Å². The highest BCUT2D eigenvalue weighted by Gasteiger charge is 2.46. The zero-order valence-electron chi connectivity index (χ0n) is 21.8. The summed E-state index contributed by atoms with van der Waals surface area (Å²) in [5.74, 6) is -0.0219. The number of fused-ring (bicyclic) bond motifs is 1. The maximum atomic E-state index is 13.4. The Morgan fingerprint density at radius 2 is 2.03 bits per heavy atom. The highest BCUT2D eigenvalue weighted by atomic mass is 16.5. The summed E-state index contributed by atoms with van der Waals surface area (Å²) in [5.41, 5.74) is 2.29. The summed E-state index contributed by atoms with van der Waals surface area (Å²) in [5, 5.41) is 11.5. The molecule has 2 aliphatic rings. The van der Waals surface area contributed by atoms with Crippen molar-refractivity contribution in [2.75, 3.05) is 13.2 Å². The largest absolute Gasteiger partial charge is 0.507 e. The quantitative estimate of drug-likeness (QED) is 0.179. The molecule has 1 N–H and O–H groups in total. The minimum atomic E-state index is -0.726. The molecule has 5 rings (SSSR count). The second kappa shape index (κ2) is 11.1. The Morgan fingerprint density at radius 1 is 1.16 bits per heavy atom. The van der Waals surface area contributed by atoms with Crippen LogP contribution in [0.2, 0.25) is 0 Å². The average molecular weight is 516 g/mol. The minimum absolute atomic E-state index is 0.0546.